The lowest BCUT2D eigenvalue weighted by Gasteiger charge is -2.08. The number of nitrogens with one attached hydrogen (secondary N) is 1. The van der Waals surface area contributed by atoms with E-state index in [0.717, 1.165) is 0 Å². The van der Waals surface area contributed by atoms with E-state index in [1.54, 1.807) is 6.07 Å². The molecular weight excluding hydrogens is 304 g/mol. The number of benzene rings is 1. The van der Waals surface area contributed by atoms with Gasteiger partial charge in [-0.1, -0.05) is 23.7 Å². The second-order valence-corrected chi connectivity index (χ2v) is 5.64. The molecular formula is C11H9ClN4O3S. The molecule has 1 heterocycles. The van der Waals surface area contributed by atoms with Gasteiger partial charge < -0.3 is 5.32 Å². The highest BCUT2D eigenvalue weighted by Crippen LogP contribution is 2.19. The van der Waals surface area contributed by atoms with Gasteiger partial charge in [0.05, 0.1) is 18.1 Å². The van der Waals surface area contributed by atoms with Crippen LogP contribution >= 0.6 is 11.6 Å². The van der Waals surface area contributed by atoms with Gasteiger partial charge in [0, 0.05) is 0 Å². The third-order valence-corrected chi connectivity index (χ3v) is 3.43. The van der Waals surface area contributed by atoms with Crippen LogP contribution in [0.2, 0.25) is 5.15 Å². The van der Waals surface area contributed by atoms with Gasteiger partial charge in [0.15, 0.2) is 0 Å². The number of rotatable bonds is 3. The first kappa shape index (κ1) is 14.4. The van der Waals surface area contributed by atoms with E-state index in [-0.39, 0.29) is 21.4 Å². The number of hydrogen-bond acceptors (Lipinski definition) is 5. The Hall–Kier alpha value is -2.03. The molecule has 7 nitrogen and oxygen atoms in total. The zero-order valence-corrected chi connectivity index (χ0v) is 11.5. The largest absolute Gasteiger partial charge is 0.319 e. The zero-order chi connectivity index (χ0) is 14.8. The van der Waals surface area contributed by atoms with Crippen molar-refractivity contribution in [1.82, 2.24) is 9.97 Å². The van der Waals surface area contributed by atoms with E-state index >= 15 is 0 Å². The van der Waals surface area contributed by atoms with Crippen molar-refractivity contribution in [2.24, 2.45) is 5.14 Å². The van der Waals surface area contributed by atoms with Crippen molar-refractivity contribution in [3.8, 4) is 0 Å². The summed E-state index contributed by atoms with van der Waals surface area (Å²) in [6.45, 7) is 0. The standard InChI is InChI=1S/C11H9ClN4O3S/c12-10-6-14-5-8(15-10)11(17)16-7-3-1-2-4-9(7)20(13,18)19/h1-6H,(H,16,17)(H2,13,18,19). The Labute approximate surface area is 119 Å². The van der Waals surface area contributed by atoms with Gasteiger partial charge >= 0.3 is 0 Å². The first-order chi connectivity index (χ1) is 9.38. The highest BCUT2D eigenvalue weighted by molar-refractivity contribution is 7.89. The lowest BCUT2D eigenvalue weighted by molar-refractivity contribution is 0.102. The summed E-state index contributed by atoms with van der Waals surface area (Å²) in [4.78, 5) is 19.2. The molecule has 1 aromatic carbocycles. The SMILES string of the molecule is NS(=O)(=O)c1ccccc1NC(=O)c1cncc(Cl)n1. The maximum absolute atomic E-state index is 11.9. The zero-order valence-electron chi connectivity index (χ0n) is 9.95. The number of aromatic nitrogens is 2. The summed E-state index contributed by atoms with van der Waals surface area (Å²) in [6, 6.07) is 5.76. The molecule has 0 aliphatic carbocycles. The third kappa shape index (κ3) is 3.29. The minimum Gasteiger partial charge on any atom is -0.319 e. The van der Waals surface area contributed by atoms with Crippen LogP contribution in [0.5, 0.6) is 0 Å². The van der Waals surface area contributed by atoms with Crippen LogP contribution in [0.15, 0.2) is 41.6 Å². The molecule has 0 spiro atoms. The van der Waals surface area contributed by atoms with Crippen molar-refractivity contribution >= 4 is 33.2 Å². The summed E-state index contributed by atoms with van der Waals surface area (Å²) in [5.74, 6) is -0.642. The van der Waals surface area contributed by atoms with Gasteiger partial charge in [-0.3, -0.25) is 9.78 Å². The molecule has 0 radical (unpaired) electrons. The molecule has 20 heavy (non-hydrogen) atoms. The number of carbonyl (C=O) groups excluding carboxylic acids is 1. The van der Waals surface area contributed by atoms with Gasteiger partial charge in [-0.2, -0.15) is 0 Å². The molecule has 1 aromatic heterocycles. The predicted octanol–water partition coefficient (Wildman–Crippen LogP) is 1.03. The number of hydrogen-bond donors (Lipinski definition) is 2. The molecule has 2 aromatic rings. The topological polar surface area (TPSA) is 115 Å². The van der Waals surface area contributed by atoms with Crippen LogP contribution in [0, 0.1) is 0 Å². The minimum absolute atomic E-state index is 0.0401. The number of carbonyl (C=O) groups is 1. The number of anilines is 1. The van der Waals surface area contributed by atoms with Gasteiger partial charge in [0.1, 0.15) is 15.7 Å². The van der Waals surface area contributed by atoms with Gasteiger partial charge in [0.25, 0.3) is 5.91 Å². The molecule has 0 aliphatic heterocycles. The fourth-order valence-electron chi connectivity index (χ4n) is 1.46. The first-order valence-corrected chi connectivity index (χ1v) is 7.21. The summed E-state index contributed by atoms with van der Waals surface area (Å²) in [6.07, 6.45) is 2.48. The van der Waals surface area contributed by atoms with E-state index < -0.39 is 15.9 Å². The van der Waals surface area contributed by atoms with Crippen molar-refractivity contribution in [3.05, 3.63) is 47.5 Å². The Morgan fingerprint density at radius 1 is 1.25 bits per heavy atom. The van der Waals surface area contributed by atoms with E-state index in [1.807, 2.05) is 0 Å². The van der Waals surface area contributed by atoms with Crippen LogP contribution < -0.4 is 10.5 Å². The van der Waals surface area contributed by atoms with Crippen molar-refractivity contribution < 1.29 is 13.2 Å². The highest BCUT2D eigenvalue weighted by Gasteiger charge is 2.16. The van der Waals surface area contributed by atoms with Gasteiger partial charge in [-0.15, -0.1) is 0 Å². The van der Waals surface area contributed by atoms with Crippen LogP contribution in [0.4, 0.5) is 5.69 Å². The molecule has 1 amide bonds. The normalized spacial score (nSPS) is 11.1. The van der Waals surface area contributed by atoms with E-state index in [0.29, 0.717) is 0 Å². The van der Waals surface area contributed by atoms with Crippen LogP contribution in [0.1, 0.15) is 10.5 Å². The smallest absolute Gasteiger partial charge is 0.275 e. The van der Waals surface area contributed by atoms with Crippen LogP contribution in [0.25, 0.3) is 0 Å². The van der Waals surface area contributed by atoms with Gasteiger partial charge in [-0.05, 0) is 12.1 Å². The average Bonchev–Trinajstić information content (AvgIpc) is 2.38. The Morgan fingerprint density at radius 2 is 1.95 bits per heavy atom. The van der Waals surface area contributed by atoms with Crippen molar-refractivity contribution in [3.63, 3.8) is 0 Å². The summed E-state index contributed by atoms with van der Waals surface area (Å²) in [7, 11) is -3.95. The predicted molar refractivity (Wildman–Crippen MR) is 72.8 cm³/mol. The number of sulfonamides is 1. The molecule has 0 aliphatic rings. The first-order valence-electron chi connectivity index (χ1n) is 5.28. The number of para-hydroxylation sites is 1. The monoisotopic (exact) mass is 312 g/mol. The molecule has 0 unspecified atom stereocenters. The van der Waals surface area contributed by atoms with E-state index in [2.05, 4.69) is 15.3 Å². The molecule has 0 atom stereocenters. The summed E-state index contributed by atoms with van der Waals surface area (Å²) in [5.41, 5.74) is 0.0171. The summed E-state index contributed by atoms with van der Waals surface area (Å²) < 4.78 is 22.8. The number of nitrogens with zero attached hydrogens (tertiary/aromatic N) is 2. The Bertz CT molecular complexity index is 764. The summed E-state index contributed by atoms with van der Waals surface area (Å²) in [5, 5.41) is 7.52. The summed E-state index contributed by atoms with van der Waals surface area (Å²) >= 11 is 5.63. The van der Waals surface area contributed by atoms with Crippen LogP contribution in [0.3, 0.4) is 0 Å². The Morgan fingerprint density at radius 3 is 2.60 bits per heavy atom. The van der Waals surface area contributed by atoms with Crippen molar-refractivity contribution in [2.45, 2.75) is 4.90 Å². The lowest BCUT2D eigenvalue weighted by Crippen LogP contribution is -2.19. The number of halogens is 1. The van der Waals surface area contributed by atoms with Crippen LogP contribution in [-0.2, 0) is 10.0 Å². The molecule has 0 saturated carbocycles. The maximum Gasteiger partial charge on any atom is 0.275 e. The van der Waals surface area contributed by atoms with Gasteiger partial charge in [0.2, 0.25) is 10.0 Å². The second kappa shape index (κ2) is 5.53. The van der Waals surface area contributed by atoms with E-state index in [4.69, 9.17) is 16.7 Å². The molecule has 0 saturated heterocycles. The van der Waals surface area contributed by atoms with Crippen molar-refractivity contribution in [2.75, 3.05) is 5.32 Å². The highest BCUT2D eigenvalue weighted by atomic mass is 35.5. The quantitative estimate of drug-likeness (QED) is 0.878. The molecule has 104 valence electrons. The maximum atomic E-state index is 11.9. The van der Waals surface area contributed by atoms with Gasteiger partial charge in [-0.25, -0.2) is 18.5 Å². The number of primary sulfonamides is 1. The van der Waals surface area contributed by atoms with Crippen LogP contribution in [-0.4, -0.2) is 24.3 Å². The Kier molecular flexibility index (Phi) is 3.98. The van der Waals surface area contributed by atoms with E-state index in [9.17, 15) is 13.2 Å². The third-order valence-electron chi connectivity index (χ3n) is 2.28. The minimum atomic E-state index is -3.95. The molecule has 0 bridgehead atoms. The fourth-order valence-corrected chi connectivity index (χ4v) is 2.30. The lowest BCUT2D eigenvalue weighted by atomic mass is 10.3. The van der Waals surface area contributed by atoms with E-state index in [1.165, 1.54) is 30.6 Å². The number of amides is 1. The molecule has 3 N–H and O–H groups in total. The fraction of sp³-hybridized carbons (Fsp3) is 0. The van der Waals surface area contributed by atoms with Crippen molar-refractivity contribution in [1.29, 1.82) is 0 Å². The molecule has 0 fully saturated rings. The molecule has 9 heteroatoms. The average molecular weight is 313 g/mol. The molecule has 2 rings (SSSR count). The number of nitrogens with two attached hydrogens (primary N) is 1. The Balaban J connectivity index is 2.34. The second-order valence-electron chi connectivity index (χ2n) is 3.72.